The Kier molecular flexibility index (Phi) is 6.92. The summed E-state index contributed by atoms with van der Waals surface area (Å²) in [5.41, 5.74) is 5.07. The predicted octanol–water partition coefficient (Wildman–Crippen LogP) is 4.40. The molecule has 1 aliphatic rings. The van der Waals surface area contributed by atoms with Gasteiger partial charge in [-0.3, -0.25) is 0 Å². The quantitative estimate of drug-likeness (QED) is 0.484. The van der Waals surface area contributed by atoms with Gasteiger partial charge in [-0.1, -0.05) is 66.7 Å². The lowest BCUT2D eigenvalue weighted by Gasteiger charge is -2.18. The molecule has 0 aliphatic heterocycles. The number of carboxylic acid groups (broad SMARTS) is 1. The van der Waals surface area contributed by atoms with E-state index in [4.69, 9.17) is 9.47 Å². The Morgan fingerprint density at radius 3 is 2.09 bits per heavy atom. The number of fused-ring (bicyclic) bond motifs is 3. The van der Waals surface area contributed by atoms with E-state index in [2.05, 4.69) is 5.32 Å². The number of ether oxygens (including phenoxy) is 2. The second kappa shape index (κ2) is 10.2. The van der Waals surface area contributed by atoms with Gasteiger partial charge in [0.25, 0.3) is 0 Å². The zero-order valence-electron chi connectivity index (χ0n) is 18.7. The van der Waals surface area contributed by atoms with E-state index in [1.54, 1.807) is 31.2 Å². The summed E-state index contributed by atoms with van der Waals surface area (Å²) >= 11 is 0. The van der Waals surface area contributed by atoms with Crippen molar-refractivity contribution in [2.45, 2.75) is 25.3 Å². The number of hydrogen-bond acceptors (Lipinski definition) is 5. The molecule has 1 amide bonds. The van der Waals surface area contributed by atoms with Gasteiger partial charge >= 0.3 is 18.0 Å². The van der Waals surface area contributed by atoms with E-state index in [-0.39, 0.29) is 31.1 Å². The van der Waals surface area contributed by atoms with Crippen molar-refractivity contribution in [3.63, 3.8) is 0 Å². The number of rotatable bonds is 8. The Bertz CT molecular complexity index is 1180. The topological polar surface area (TPSA) is 102 Å². The van der Waals surface area contributed by atoms with Gasteiger partial charge in [0.05, 0.1) is 12.2 Å². The molecule has 0 saturated carbocycles. The van der Waals surface area contributed by atoms with E-state index in [0.717, 1.165) is 22.3 Å². The SMILES string of the molecule is CCOC(=O)c1ccccc1CC(NC(=O)OCC1c2ccccc2-c2ccccc21)C(=O)O. The van der Waals surface area contributed by atoms with Crippen LogP contribution in [0.5, 0.6) is 0 Å². The van der Waals surface area contributed by atoms with Crippen LogP contribution in [-0.2, 0) is 20.7 Å². The van der Waals surface area contributed by atoms with Crippen molar-refractivity contribution in [3.05, 3.63) is 95.1 Å². The molecule has 0 spiro atoms. The van der Waals surface area contributed by atoms with Crippen LogP contribution >= 0.6 is 0 Å². The molecule has 0 fully saturated rings. The number of carbonyl (C=O) groups is 3. The summed E-state index contributed by atoms with van der Waals surface area (Å²) in [6, 6.07) is 21.2. The molecule has 1 atom stereocenters. The molecular formula is C27H25NO6. The van der Waals surface area contributed by atoms with E-state index >= 15 is 0 Å². The predicted molar refractivity (Wildman–Crippen MR) is 126 cm³/mol. The first-order chi connectivity index (χ1) is 16.5. The third-order valence-electron chi connectivity index (χ3n) is 5.87. The number of amides is 1. The molecule has 1 unspecified atom stereocenters. The van der Waals surface area contributed by atoms with Crippen LogP contribution in [-0.4, -0.2) is 42.4 Å². The number of carboxylic acids is 1. The summed E-state index contributed by atoms with van der Waals surface area (Å²) in [4.78, 5) is 36.6. The van der Waals surface area contributed by atoms with Gasteiger partial charge in [-0.15, -0.1) is 0 Å². The minimum absolute atomic E-state index is 0.0750. The fourth-order valence-corrected chi connectivity index (χ4v) is 4.31. The lowest BCUT2D eigenvalue weighted by molar-refractivity contribution is -0.139. The zero-order valence-corrected chi connectivity index (χ0v) is 18.7. The minimum atomic E-state index is -1.27. The molecule has 7 heteroatoms. The van der Waals surface area contributed by atoms with Gasteiger partial charge in [0.2, 0.25) is 0 Å². The van der Waals surface area contributed by atoms with E-state index in [1.165, 1.54) is 0 Å². The lowest BCUT2D eigenvalue weighted by atomic mass is 9.98. The first kappa shape index (κ1) is 23.0. The summed E-state index contributed by atoms with van der Waals surface area (Å²) in [5, 5.41) is 12.1. The maximum atomic E-state index is 12.6. The molecular weight excluding hydrogens is 434 g/mol. The molecule has 2 N–H and O–H groups in total. The average molecular weight is 459 g/mol. The van der Waals surface area contributed by atoms with Crippen molar-refractivity contribution in [2.75, 3.05) is 13.2 Å². The fraction of sp³-hybridized carbons (Fsp3) is 0.222. The van der Waals surface area contributed by atoms with E-state index in [1.807, 2.05) is 48.5 Å². The van der Waals surface area contributed by atoms with Crippen molar-refractivity contribution >= 4 is 18.0 Å². The van der Waals surface area contributed by atoms with Crippen molar-refractivity contribution in [1.29, 1.82) is 0 Å². The minimum Gasteiger partial charge on any atom is -0.480 e. The van der Waals surface area contributed by atoms with Gasteiger partial charge in [-0.25, -0.2) is 14.4 Å². The molecule has 7 nitrogen and oxygen atoms in total. The number of hydrogen-bond donors (Lipinski definition) is 2. The van der Waals surface area contributed by atoms with Gasteiger partial charge in [-0.2, -0.15) is 0 Å². The van der Waals surface area contributed by atoms with Crippen molar-refractivity contribution < 1.29 is 29.0 Å². The lowest BCUT2D eigenvalue weighted by Crippen LogP contribution is -2.43. The van der Waals surface area contributed by atoms with E-state index in [0.29, 0.717) is 5.56 Å². The smallest absolute Gasteiger partial charge is 0.407 e. The van der Waals surface area contributed by atoms with Crippen LogP contribution in [0.4, 0.5) is 4.79 Å². The van der Waals surface area contributed by atoms with Crippen molar-refractivity contribution in [3.8, 4) is 11.1 Å². The average Bonchev–Trinajstić information content (AvgIpc) is 3.16. The van der Waals surface area contributed by atoms with E-state index < -0.39 is 24.1 Å². The number of carbonyl (C=O) groups excluding carboxylic acids is 2. The van der Waals surface area contributed by atoms with Crippen LogP contribution in [0.3, 0.4) is 0 Å². The van der Waals surface area contributed by atoms with Gasteiger partial charge < -0.3 is 19.9 Å². The highest BCUT2D eigenvalue weighted by molar-refractivity contribution is 5.91. The van der Waals surface area contributed by atoms with Gasteiger partial charge in [0, 0.05) is 12.3 Å². The second-order valence-electron chi connectivity index (χ2n) is 7.94. The molecule has 3 aromatic carbocycles. The van der Waals surface area contributed by atoms with E-state index in [9.17, 15) is 19.5 Å². The number of aliphatic carboxylic acids is 1. The molecule has 34 heavy (non-hydrogen) atoms. The molecule has 174 valence electrons. The van der Waals surface area contributed by atoms with Gasteiger partial charge in [0.15, 0.2) is 0 Å². The van der Waals surface area contributed by atoms with Crippen molar-refractivity contribution in [1.82, 2.24) is 5.32 Å². The molecule has 1 aliphatic carbocycles. The highest BCUT2D eigenvalue weighted by atomic mass is 16.5. The Balaban J connectivity index is 1.44. The number of nitrogens with one attached hydrogen (secondary N) is 1. The molecule has 0 saturated heterocycles. The molecule has 4 rings (SSSR count). The third-order valence-corrected chi connectivity index (χ3v) is 5.87. The number of benzene rings is 3. The maximum absolute atomic E-state index is 12.6. The maximum Gasteiger partial charge on any atom is 0.407 e. The molecule has 3 aromatic rings. The van der Waals surface area contributed by atoms with Crippen LogP contribution in [0.15, 0.2) is 72.8 Å². The Labute approximate surface area is 197 Å². The highest BCUT2D eigenvalue weighted by Crippen LogP contribution is 2.44. The molecule has 0 bridgehead atoms. The Morgan fingerprint density at radius 2 is 1.47 bits per heavy atom. The number of alkyl carbamates (subject to hydrolysis) is 1. The molecule has 0 heterocycles. The van der Waals surface area contributed by atoms with Crippen LogP contribution in [0.1, 0.15) is 39.9 Å². The standard InChI is InChI=1S/C27H25NO6/c1-2-33-26(31)18-10-4-3-9-17(18)15-24(25(29)30)28-27(32)34-16-23-21-13-7-5-11-19(21)20-12-6-8-14-22(20)23/h3-14,23-24H,2,15-16H2,1H3,(H,28,32)(H,29,30). The monoisotopic (exact) mass is 459 g/mol. The second-order valence-corrected chi connectivity index (χ2v) is 7.94. The highest BCUT2D eigenvalue weighted by Gasteiger charge is 2.30. The summed E-state index contributed by atoms with van der Waals surface area (Å²) < 4.78 is 10.5. The molecule has 0 aromatic heterocycles. The fourth-order valence-electron chi connectivity index (χ4n) is 4.31. The van der Waals surface area contributed by atoms with Gasteiger partial charge in [0.1, 0.15) is 12.6 Å². The first-order valence-corrected chi connectivity index (χ1v) is 11.1. The Hall–Kier alpha value is -4.13. The van der Waals surface area contributed by atoms with Crippen molar-refractivity contribution in [2.24, 2.45) is 0 Å². The summed E-state index contributed by atoms with van der Waals surface area (Å²) in [6.07, 6.45) is -0.919. The van der Waals surface area contributed by atoms with Crippen LogP contribution in [0.25, 0.3) is 11.1 Å². The van der Waals surface area contributed by atoms with Crippen LogP contribution in [0.2, 0.25) is 0 Å². The number of esters is 1. The summed E-state index contributed by atoms with van der Waals surface area (Å²) in [6.45, 7) is 1.97. The van der Waals surface area contributed by atoms with Crippen LogP contribution in [0, 0.1) is 0 Å². The normalized spacial score (nSPS) is 12.9. The Morgan fingerprint density at radius 1 is 0.882 bits per heavy atom. The zero-order chi connectivity index (χ0) is 24.1. The van der Waals surface area contributed by atoms with Crippen LogP contribution < -0.4 is 5.32 Å². The first-order valence-electron chi connectivity index (χ1n) is 11.1. The molecule has 0 radical (unpaired) electrons. The van der Waals surface area contributed by atoms with Gasteiger partial charge in [-0.05, 0) is 40.8 Å². The third kappa shape index (κ3) is 4.78. The largest absolute Gasteiger partial charge is 0.480 e. The summed E-state index contributed by atoms with van der Waals surface area (Å²) in [5.74, 6) is -1.90. The summed E-state index contributed by atoms with van der Waals surface area (Å²) in [7, 11) is 0.